The van der Waals surface area contributed by atoms with Gasteiger partial charge in [-0.15, -0.1) is 0 Å². The molecule has 1 aromatic carbocycles. The van der Waals surface area contributed by atoms with Crippen LogP contribution in [0.5, 0.6) is 17.2 Å². The zero-order chi connectivity index (χ0) is 22.7. The van der Waals surface area contributed by atoms with Crippen LogP contribution in [0.4, 0.5) is 0 Å². The number of nitrogens with two attached hydrogens (primary N) is 1. The molecule has 1 aliphatic heterocycles. The normalized spacial score (nSPS) is 15.2. The smallest absolute Gasteiger partial charge is 0.340 e. The highest BCUT2D eigenvalue weighted by Gasteiger charge is 2.38. The van der Waals surface area contributed by atoms with Gasteiger partial charge in [-0.1, -0.05) is 19.4 Å². The van der Waals surface area contributed by atoms with Crippen LogP contribution in [0.2, 0.25) is 0 Å². The SMILES string of the molecule is CCCc1cc2c(c(=O)n1CC)C(c1ccc(OC)c(OC)c1)C(C(=O)OC)=C(N)O2. The van der Waals surface area contributed by atoms with Gasteiger partial charge in [-0.2, -0.15) is 0 Å². The average Bonchev–Trinajstić information content (AvgIpc) is 2.77. The fourth-order valence-corrected chi connectivity index (χ4v) is 4.00. The first-order valence-corrected chi connectivity index (χ1v) is 10.2. The number of hydrogen-bond donors (Lipinski definition) is 1. The van der Waals surface area contributed by atoms with Crippen molar-refractivity contribution in [3.63, 3.8) is 0 Å². The number of carbonyl (C=O) groups is 1. The third-order valence-electron chi connectivity index (χ3n) is 5.42. The molecule has 0 radical (unpaired) electrons. The second kappa shape index (κ2) is 9.16. The maximum absolute atomic E-state index is 13.6. The summed E-state index contributed by atoms with van der Waals surface area (Å²) >= 11 is 0. The third kappa shape index (κ3) is 3.85. The summed E-state index contributed by atoms with van der Waals surface area (Å²) in [6.45, 7) is 4.45. The Morgan fingerprint density at radius 2 is 1.84 bits per heavy atom. The first-order valence-electron chi connectivity index (χ1n) is 10.2. The van der Waals surface area contributed by atoms with E-state index in [1.54, 1.807) is 22.8 Å². The molecule has 166 valence electrons. The van der Waals surface area contributed by atoms with Crippen molar-refractivity contribution in [2.75, 3.05) is 21.3 Å². The van der Waals surface area contributed by atoms with Gasteiger partial charge < -0.3 is 29.2 Å². The van der Waals surface area contributed by atoms with Gasteiger partial charge in [0.25, 0.3) is 5.56 Å². The van der Waals surface area contributed by atoms with Crippen molar-refractivity contribution in [1.82, 2.24) is 4.57 Å². The van der Waals surface area contributed by atoms with Crippen molar-refractivity contribution < 1.29 is 23.7 Å². The molecule has 1 atom stereocenters. The number of carbonyl (C=O) groups excluding carboxylic acids is 1. The topological polar surface area (TPSA) is 102 Å². The van der Waals surface area contributed by atoms with Gasteiger partial charge in [-0.3, -0.25) is 4.79 Å². The van der Waals surface area contributed by atoms with Crippen LogP contribution in [0.15, 0.2) is 40.5 Å². The number of methoxy groups -OCH3 is 3. The first-order chi connectivity index (χ1) is 14.9. The van der Waals surface area contributed by atoms with E-state index in [2.05, 4.69) is 0 Å². The molecule has 0 fully saturated rings. The molecular formula is C23H28N2O6. The molecular weight excluding hydrogens is 400 g/mol. The van der Waals surface area contributed by atoms with E-state index in [0.717, 1.165) is 12.1 Å². The van der Waals surface area contributed by atoms with Crippen molar-refractivity contribution in [2.45, 2.75) is 39.2 Å². The van der Waals surface area contributed by atoms with Gasteiger partial charge in [0, 0.05) is 18.3 Å². The Hall–Kier alpha value is -3.42. The largest absolute Gasteiger partial charge is 0.493 e. The molecule has 0 saturated heterocycles. The van der Waals surface area contributed by atoms with Gasteiger partial charge in [0.15, 0.2) is 11.5 Å². The monoisotopic (exact) mass is 428 g/mol. The van der Waals surface area contributed by atoms with E-state index in [0.29, 0.717) is 41.3 Å². The fourth-order valence-electron chi connectivity index (χ4n) is 4.00. The van der Waals surface area contributed by atoms with Crippen molar-refractivity contribution in [2.24, 2.45) is 5.73 Å². The minimum atomic E-state index is -0.781. The van der Waals surface area contributed by atoms with Crippen LogP contribution in [-0.2, 0) is 22.5 Å². The Balaban J connectivity index is 2.34. The van der Waals surface area contributed by atoms with Crippen LogP contribution in [-0.4, -0.2) is 31.9 Å². The molecule has 2 aromatic rings. The lowest BCUT2D eigenvalue weighted by atomic mass is 9.83. The molecule has 0 amide bonds. The summed E-state index contributed by atoms with van der Waals surface area (Å²) < 4.78 is 23.2. The van der Waals surface area contributed by atoms with Gasteiger partial charge in [-0.05, 0) is 31.0 Å². The van der Waals surface area contributed by atoms with Crippen molar-refractivity contribution in [1.29, 1.82) is 0 Å². The molecule has 0 spiro atoms. The summed E-state index contributed by atoms with van der Waals surface area (Å²) in [6.07, 6.45) is 1.59. The summed E-state index contributed by atoms with van der Waals surface area (Å²) in [5, 5.41) is 0. The minimum Gasteiger partial charge on any atom is -0.493 e. The second-order valence-corrected chi connectivity index (χ2v) is 7.13. The first kappa shape index (κ1) is 22.3. The number of fused-ring (bicyclic) bond motifs is 1. The number of esters is 1. The second-order valence-electron chi connectivity index (χ2n) is 7.13. The Kier molecular flexibility index (Phi) is 6.58. The summed E-state index contributed by atoms with van der Waals surface area (Å²) in [6, 6.07) is 7.05. The van der Waals surface area contributed by atoms with Crippen molar-refractivity contribution in [3.05, 3.63) is 62.9 Å². The molecule has 0 bridgehead atoms. The molecule has 3 rings (SSSR count). The highest BCUT2D eigenvalue weighted by molar-refractivity contribution is 5.92. The predicted molar refractivity (Wildman–Crippen MR) is 116 cm³/mol. The maximum Gasteiger partial charge on any atom is 0.340 e. The molecule has 1 aliphatic rings. The van der Waals surface area contributed by atoms with Gasteiger partial charge in [0.05, 0.1) is 32.8 Å². The average molecular weight is 428 g/mol. The number of hydrogen-bond acceptors (Lipinski definition) is 7. The van der Waals surface area contributed by atoms with E-state index in [1.807, 2.05) is 19.9 Å². The highest BCUT2D eigenvalue weighted by Crippen LogP contribution is 2.43. The van der Waals surface area contributed by atoms with Crippen LogP contribution in [0, 0.1) is 0 Å². The molecule has 1 aromatic heterocycles. The number of aryl methyl sites for hydroxylation is 1. The van der Waals surface area contributed by atoms with Crippen LogP contribution in [0.25, 0.3) is 0 Å². The summed E-state index contributed by atoms with van der Waals surface area (Å²) in [7, 11) is 4.32. The van der Waals surface area contributed by atoms with Gasteiger partial charge in [-0.25, -0.2) is 4.79 Å². The number of ether oxygens (including phenoxy) is 4. The molecule has 0 saturated carbocycles. The Labute approximate surface area is 181 Å². The Bertz CT molecular complexity index is 1090. The lowest BCUT2D eigenvalue weighted by molar-refractivity contribution is -0.136. The third-order valence-corrected chi connectivity index (χ3v) is 5.42. The van der Waals surface area contributed by atoms with Crippen molar-refractivity contribution >= 4 is 5.97 Å². The standard InChI is InChI=1S/C23H28N2O6/c1-6-8-14-12-17-19(22(26)25(14)7-2)18(20(21(24)31-17)23(27)30-5)13-9-10-15(28-3)16(11-13)29-4/h9-12,18H,6-8,24H2,1-5H3. The highest BCUT2D eigenvalue weighted by atomic mass is 16.5. The van der Waals surface area contributed by atoms with E-state index >= 15 is 0 Å². The molecule has 8 heteroatoms. The summed E-state index contributed by atoms with van der Waals surface area (Å²) in [5.41, 5.74) is 7.84. The molecule has 0 aliphatic carbocycles. The van der Waals surface area contributed by atoms with Gasteiger partial charge in [0.2, 0.25) is 5.88 Å². The van der Waals surface area contributed by atoms with Gasteiger partial charge in [0.1, 0.15) is 11.3 Å². The van der Waals surface area contributed by atoms with Crippen LogP contribution in [0.3, 0.4) is 0 Å². The number of nitrogens with zero attached hydrogens (tertiary/aromatic N) is 1. The summed E-state index contributed by atoms with van der Waals surface area (Å²) in [4.78, 5) is 26.3. The van der Waals surface area contributed by atoms with E-state index in [1.165, 1.54) is 21.3 Å². The van der Waals surface area contributed by atoms with Crippen LogP contribution < -0.4 is 25.5 Å². The minimum absolute atomic E-state index is 0.0743. The molecule has 8 nitrogen and oxygen atoms in total. The van der Waals surface area contributed by atoms with Crippen LogP contribution in [0.1, 0.15) is 43.0 Å². The van der Waals surface area contributed by atoms with E-state index in [-0.39, 0.29) is 17.0 Å². The number of rotatable bonds is 7. The number of pyridine rings is 1. The molecule has 31 heavy (non-hydrogen) atoms. The van der Waals surface area contributed by atoms with E-state index in [9.17, 15) is 9.59 Å². The maximum atomic E-state index is 13.6. The van der Waals surface area contributed by atoms with Gasteiger partial charge >= 0.3 is 5.97 Å². The zero-order valence-corrected chi connectivity index (χ0v) is 18.5. The Morgan fingerprint density at radius 1 is 1.13 bits per heavy atom. The fraction of sp³-hybridized carbons (Fsp3) is 0.391. The van der Waals surface area contributed by atoms with E-state index in [4.69, 9.17) is 24.7 Å². The zero-order valence-electron chi connectivity index (χ0n) is 18.5. The molecule has 2 heterocycles. The lowest BCUT2D eigenvalue weighted by Gasteiger charge is -2.29. The Morgan fingerprint density at radius 3 is 2.42 bits per heavy atom. The predicted octanol–water partition coefficient (Wildman–Crippen LogP) is 2.71. The van der Waals surface area contributed by atoms with E-state index < -0.39 is 11.9 Å². The summed E-state index contributed by atoms with van der Waals surface area (Å²) in [5.74, 6) is -0.188. The van der Waals surface area contributed by atoms with Crippen molar-refractivity contribution in [3.8, 4) is 17.2 Å². The molecule has 1 unspecified atom stereocenters. The lowest BCUT2D eigenvalue weighted by Crippen LogP contribution is -2.35. The molecule has 2 N–H and O–H groups in total. The number of aromatic nitrogens is 1. The number of benzene rings is 1. The quantitative estimate of drug-likeness (QED) is 0.677. The van der Waals surface area contributed by atoms with Crippen LogP contribution >= 0.6 is 0 Å².